The summed E-state index contributed by atoms with van der Waals surface area (Å²) < 4.78 is 1.00. The van der Waals surface area contributed by atoms with Crippen LogP contribution in [0.4, 0.5) is 0 Å². The minimum Gasteiger partial charge on any atom is -0.387 e. The maximum atomic E-state index is 10.1. The molecule has 0 amide bonds. The van der Waals surface area contributed by atoms with Gasteiger partial charge in [-0.05, 0) is 44.1 Å². The third-order valence-corrected chi connectivity index (χ3v) is 3.52. The zero-order valence-electron chi connectivity index (χ0n) is 9.70. The molecule has 0 aliphatic heterocycles. The lowest BCUT2D eigenvalue weighted by molar-refractivity contribution is 0.142. The third kappa shape index (κ3) is 3.56. The third-order valence-electron chi connectivity index (χ3n) is 2.67. The number of rotatable bonds is 5. The Morgan fingerprint density at radius 1 is 1.50 bits per heavy atom. The predicted octanol–water partition coefficient (Wildman–Crippen LogP) is 1.73. The van der Waals surface area contributed by atoms with Crippen LogP contribution in [0.1, 0.15) is 23.7 Å². The van der Waals surface area contributed by atoms with Crippen molar-refractivity contribution in [3.63, 3.8) is 0 Å². The molecule has 1 aromatic rings. The van der Waals surface area contributed by atoms with E-state index in [4.69, 9.17) is 5.73 Å². The first kappa shape index (κ1) is 13.6. The molecule has 0 saturated carbocycles. The molecular formula is C12H19BrN2O. The average Bonchev–Trinajstić information content (AvgIpc) is 2.28. The molecule has 0 bridgehead atoms. The summed E-state index contributed by atoms with van der Waals surface area (Å²) in [6.45, 7) is 2.83. The second-order valence-corrected chi connectivity index (χ2v) is 4.86. The summed E-state index contributed by atoms with van der Waals surface area (Å²) in [5, 5.41) is 13.1. The number of aliphatic hydroxyl groups excluding tert-OH is 1. The van der Waals surface area contributed by atoms with E-state index in [9.17, 15) is 5.11 Å². The van der Waals surface area contributed by atoms with Crippen LogP contribution >= 0.6 is 15.9 Å². The Labute approximate surface area is 105 Å². The number of benzene rings is 1. The molecule has 1 aromatic carbocycles. The number of hydrogen-bond acceptors (Lipinski definition) is 3. The molecule has 2 unspecified atom stereocenters. The second-order valence-electron chi connectivity index (χ2n) is 4.01. The summed E-state index contributed by atoms with van der Waals surface area (Å²) in [7, 11) is 1.88. The molecule has 4 heteroatoms. The van der Waals surface area contributed by atoms with Gasteiger partial charge in [0, 0.05) is 10.5 Å². The SMILES string of the molecule is CNCCC(N)C(O)c1ccc(C)c(Br)c1. The van der Waals surface area contributed by atoms with Crippen molar-refractivity contribution in [2.45, 2.75) is 25.5 Å². The highest BCUT2D eigenvalue weighted by Gasteiger charge is 2.16. The van der Waals surface area contributed by atoms with Gasteiger partial charge in [0.15, 0.2) is 0 Å². The number of aryl methyl sites for hydroxylation is 1. The molecule has 0 spiro atoms. The maximum Gasteiger partial charge on any atom is 0.0941 e. The van der Waals surface area contributed by atoms with Gasteiger partial charge in [-0.2, -0.15) is 0 Å². The standard InChI is InChI=1S/C12H19BrN2O/c1-8-3-4-9(7-10(8)13)12(16)11(14)5-6-15-2/h3-4,7,11-12,15-16H,5-6,14H2,1-2H3. The van der Waals surface area contributed by atoms with E-state index < -0.39 is 6.10 Å². The van der Waals surface area contributed by atoms with Crippen LogP contribution in [0, 0.1) is 6.92 Å². The van der Waals surface area contributed by atoms with Crippen molar-refractivity contribution < 1.29 is 5.11 Å². The highest BCUT2D eigenvalue weighted by Crippen LogP contribution is 2.23. The molecule has 0 saturated heterocycles. The van der Waals surface area contributed by atoms with Crippen molar-refractivity contribution >= 4 is 15.9 Å². The van der Waals surface area contributed by atoms with Crippen LogP contribution < -0.4 is 11.1 Å². The molecule has 1 rings (SSSR count). The molecular weight excluding hydrogens is 268 g/mol. The molecule has 0 fully saturated rings. The fourth-order valence-corrected chi connectivity index (χ4v) is 1.91. The highest BCUT2D eigenvalue weighted by molar-refractivity contribution is 9.10. The van der Waals surface area contributed by atoms with E-state index >= 15 is 0 Å². The smallest absolute Gasteiger partial charge is 0.0941 e. The van der Waals surface area contributed by atoms with Crippen LogP contribution in [0.5, 0.6) is 0 Å². The fraction of sp³-hybridized carbons (Fsp3) is 0.500. The van der Waals surface area contributed by atoms with E-state index in [-0.39, 0.29) is 6.04 Å². The summed E-state index contributed by atoms with van der Waals surface area (Å²) in [5.41, 5.74) is 7.93. The summed E-state index contributed by atoms with van der Waals surface area (Å²) in [6, 6.07) is 5.60. The number of aliphatic hydroxyl groups is 1. The lowest BCUT2D eigenvalue weighted by Crippen LogP contribution is -2.31. The van der Waals surface area contributed by atoms with E-state index in [1.807, 2.05) is 32.2 Å². The normalized spacial score (nSPS) is 14.8. The van der Waals surface area contributed by atoms with Crippen molar-refractivity contribution in [2.24, 2.45) is 5.73 Å². The number of halogens is 1. The largest absolute Gasteiger partial charge is 0.387 e. The Morgan fingerprint density at radius 2 is 2.19 bits per heavy atom. The van der Waals surface area contributed by atoms with Crippen LogP contribution in [0.15, 0.2) is 22.7 Å². The monoisotopic (exact) mass is 286 g/mol. The van der Waals surface area contributed by atoms with E-state index in [2.05, 4.69) is 21.2 Å². The Kier molecular flexibility index (Phi) is 5.41. The molecule has 4 N–H and O–H groups in total. The molecule has 3 nitrogen and oxygen atoms in total. The van der Waals surface area contributed by atoms with Gasteiger partial charge in [0.25, 0.3) is 0 Å². The van der Waals surface area contributed by atoms with E-state index in [0.29, 0.717) is 0 Å². The lowest BCUT2D eigenvalue weighted by atomic mass is 9.99. The number of hydrogen-bond donors (Lipinski definition) is 3. The van der Waals surface area contributed by atoms with Crippen LogP contribution in [0.2, 0.25) is 0 Å². The van der Waals surface area contributed by atoms with Gasteiger partial charge in [-0.1, -0.05) is 28.1 Å². The van der Waals surface area contributed by atoms with Crippen molar-refractivity contribution in [3.8, 4) is 0 Å². The number of nitrogens with two attached hydrogens (primary N) is 1. The average molecular weight is 287 g/mol. The lowest BCUT2D eigenvalue weighted by Gasteiger charge is -2.19. The zero-order valence-corrected chi connectivity index (χ0v) is 11.3. The zero-order chi connectivity index (χ0) is 12.1. The van der Waals surface area contributed by atoms with Crippen LogP contribution in [-0.2, 0) is 0 Å². The Balaban J connectivity index is 2.71. The quantitative estimate of drug-likeness (QED) is 0.773. The molecule has 2 atom stereocenters. The molecule has 0 aliphatic carbocycles. The molecule has 0 heterocycles. The fourth-order valence-electron chi connectivity index (χ4n) is 1.51. The molecule has 0 aliphatic rings. The highest BCUT2D eigenvalue weighted by atomic mass is 79.9. The Bertz CT molecular complexity index is 344. The van der Waals surface area contributed by atoms with Crippen LogP contribution in [-0.4, -0.2) is 24.7 Å². The summed E-state index contributed by atoms with van der Waals surface area (Å²) in [4.78, 5) is 0. The second kappa shape index (κ2) is 6.35. The first-order valence-corrected chi connectivity index (χ1v) is 6.20. The molecule has 0 radical (unpaired) electrons. The maximum absolute atomic E-state index is 10.1. The van der Waals surface area contributed by atoms with Crippen LogP contribution in [0.25, 0.3) is 0 Å². The minimum atomic E-state index is -0.606. The minimum absolute atomic E-state index is 0.234. The predicted molar refractivity (Wildman–Crippen MR) is 70.4 cm³/mol. The van der Waals surface area contributed by atoms with Gasteiger partial charge in [0.05, 0.1) is 6.10 Å². The van der Waals surface area contributed by atoms with Crippen molar-refractivity contribution in [2.75, 3.05) is 13.6 Å². The van der Waals surface area contributed by atoms with Gasteiger partial charge < -0.3 is 16.2 Å². The molecule has 0 aromatic heterocycles. The van der Waals surface area contributed by atoms with Gasteiger partial charge in [0.1, 0.15) is 0 Å². The van der Waals surface area contributed by atoms with Gasteiger partial charge in [-0.25, -0.2) is 0 Å². The van der Waals surface area contributed by atoms with Gasteiger partial charge in [0.2, 0.25) is 0 Å². The van der Waals surface area contributed by atoms with Crippen molar-refractivity contribution in [1.82, 2.24) is 5.32 Å². The van der Waals surface area contributed by atoms with Crippen molar-refractivity contribution in [1.29, 1.82) is 0 Å². The van der Waals surface area contributed by atoms with E-state index in [1.165, 1.54) is 0 Å². The Morgan fingerprint density at radius 3 is 2.75 bits per heavy atom. The first-order chi connectivity index (χ1) is 7.56. The van der Waals surface area contributed by atoms with E-state index in [0.717, 1.165) is 28.6 Å². The summed E-state index contributed by atoms with van der Waals surface area (Å²) in [5.74, 6) is 0. The van der Waals surface area contributed by atoms with Crippen LogP contribution in [0.3, 0.4) is 0 Å². The van der Waals surface area contributed by atoms with Gasteiger partial charge >= 0.3 is 0 Å². The Hall–Kier alpha value is -0.420. The van der Waals surface area contributed by atoms with Gasteiger partial charge in [-0.15, -0.1) is 0 Å². The summed E-state index contributed by atoms with van der Waals surface area (Å²) in [6.07, 6.45) is 0.147. The molecule has 90 valence electrons. The van der Waals surface area contributed by atoms with Crippen molar-refractivity contribution in [3.05, 3.63) is 33.8 Å². The van der Waals surface area contributed by atoms with E-state index in [1.54, 1.807) is 0 Å². The number of nitrogens with one attached hydrogen (secondary N) is 1. The van der Waals surface area contributed by atoms with Gasteiger partial charge in [-0.3, -0.25) is 0 Å². The first-order valence-electron chi connectivity index (χ1n) is 5.40. The topological polar surface area (TPSA) is 58.3 Å². The molecule has 16 heavy (non-hydrogen) atoms. The summed E-state index contributed by atoms with van der Waals surface area (Å²) >= 11 is 3.45.